The molecular formula is C17H19F2NO. The van der Waals surface area contributed by atoms with Crippen molar-refractivity contribution in [2.75, 3.05) is 6.54 Å². The Morgan fingerprint density at radius 2 is 1.95 bits per heavy atom. The zero-order valence-corrected chi connectivity index (χ0v) is 11.9. The van der Waals surface area contributed by atoms with Crippen LogP contribution < -0.4 is 5.32 Å². The maximum atomic E-state index is 13.5. The van der Waals surface area contributed by atoms with Crippen LogP contribution in [0.5, 0.6) is 0 Å². The fourth-order valence-electron chi connectivity index (χ4n) is 2.24. The van der Waals surface area contributed by atoms with Gasteiger partial charge in [0.2, 0.25) is 0 Å². The molecule has 0 bridgehead atoms. The lowest BCUT2D eigenvalue weighted by atomic mass is 10.0. The van der Waals surface area contributed by atoms with Gasteiger partial charge in [0, 0.05) is 6.04 Å². The number of aliphatic hydroxyl groups excluding tert-OH is 1. The Hall–Kier alpha value is -1.78. The summed E-state index contributed by atoms with van der Waals surface area (Å²) in [6.07, 6.45) is 0.424. The van der Waals surface area contributed by atoms with Crippen molar-refractivity contribution in [2.45, 2.75) is 26.0 Å². The van der Waals surface area contributed by atoms with E-state index in [1.807, 2.05) is 31.2 Å². The minimum Gasteiger partial charge on any atom is -0.392 e. The van der Waals surface area contributed by atoms with Gasteiger partial charge in [0.1, 0.15) is 11.6 Å². The van der Waals surface area contributed by atoms with Gasteiger partial charge in [-0.05, 0) is 54.8 Å². The predicted molar refractivity (Wildman–Crippen MR) is 78.8 cm³/mol. The van der Waals surface area contributed by atoms with Crippen LogP contribution in [0, 0.1) is 11.6 Å². The molecule has 1 unspecified atom stereocenters. The zero-order valence-electron chi connectivity index (χ0n) is 11.9. The molecule has 0 aliphatic rings. The third kappa shape index (κ3) is 4.34. The van der Waals surface area contributed by atoms with Crippen molar-refractivity contribution in [3.63, 3.8) is 0 Å². The Bertz CT molecular complexity index is 601. The number of aliphatic hydroxyl groups is 1. The highest BCUT2D eigenvalue weighted by Gasteiger charge is 2.07. The summed E-state index contributed by atoms with van der Waals surface area (Å²) >= 11 is 0. The molecule has 0 spiro atoms. The number of halogens is 2. The molecule has 0 aromatic heterocycles. The first-order valence-electron chi connectivity index (χ1n) is 6.97. The SMILES string of the molecule is CC(NCCc1cc(F)ccc1F)c1cccc(CO)c1. The van der Waals surface area contributed by atoms with Crippen LogP contribution in [0.2, 0.25) is 0 Å². The molecule has 2 N–H and O–H groups in total. The summed E-state index contributed by atoms with van der Waals surface area (Å²) in [5, 5.41) is 12.4. The van der Waals surface area contributed by atoms with E-state index in [4.69, 9.17) is 5.11 Å². The number of nitrogens with one attached hydrogen (secondary N) is 1. The first-order valence-corrected chi connectivity index (χ1v) is 6.97. The van der Waals surface area contributed by atoms with E-state index in [1.54, 1.807) is 0 Å². The summed E-state index contributed by atoms with van der Waals surface area (Å²) < 4.78 is 26.6. The van der Waals surface area contributed by atoms with Crippen LogP contribution in [0.25, 0.3) is 0 Å². The van der Waals surface area contributed by atoms with Crippen molar-refractivity contribution >= 4 is 0 Å². The van der Waals surface area contributed by atoms with Gasteiger partial charge in [-0.15, -0.1) is 0 Å². The molecule has 0 saturated heterocycles. The topological polar surface area (TPSA) is 32.3 Å². The highest BCUT2D eigenvalue weighted by Crippen LogP contribution is 2.15. The van der Waals surface area contributed by atoms with E-state index in [-0.39, 0.29) is 18.5 Å². The van der Waals surface area contributed by atoms with Gasteiger partial charge < -0.3 is 10.4 Å². The van der Waals surface area contributed by atoms with Crippen molar-refractivity contribution in [1.29, 1.82) is 0 Å². The first-order chi connectivity index (χ1) is 10.1. The molecule has 0 radical (unpaired) electrons. The van der Waals surface area contributed by atoms with Crippen LogP contribution in [0.4, 0.5) is 8.78 Å². The monoisotopic (exact) mass is 291 g/mol. The van der Waals surface area contributed by atoms with Gasteiger partial charge in [-0.3, -0.25) is 0 Å². The van der Waals surface area contributed by atoms with Gasteiger partial charge in [0.15, 0.2) is 0 Å². The number of hydrogen-bond donors (Lipinski definition) is 2. The highest BCUT2D eigenvalue weighted by atomic mass is 19.1. The van der Waals surface area contributed by atoms with Crippen LogP contribution >= 0.6 is 0 Å². The molecule has 0 aliphatic heterocycles. The molecule has 2 aromatic carbocycles. The van der Waals surface area contributed by atoms with Crippen molar-refractivity contribution in [2.24, 2.45) is 0 Å². The third-order valence-corrected chi connectivity index (χ3v) is 3.49. The quantitative estimate of drug-likeness (QED) is 0.855. The molecule has 0 fully saturated rings. The van der Waals surface area contributed by atoms with E-state index in [2.05, 4.69) is 5.32 Å². The lowest BCUT2D eigenvalue weighted by molar-refractivity contribution is 0.281. The van der Waals surface area contributed by atoms with Crippen molar-refractivity contribution in [3.8, 4) is 0 Å². The van der Waals surface area contributed by atoms with Crippen molar-refractivity contribution < 1.29 is 13.9 Å². The number of rotatable bonds is 6. The predicted octanol–water partition coefficient (Wildman–Crippen LogP) is 3.35. The first kappa shape index (κ1) is 15.6. The molecule has 0 aliphatic carbocycles. The molecule has 0 saturated carbocycles. The molecule has 1 atom stereocenters. The molecule has 4 heteroatoms. The highest BCUT2D eigenvalue weighted by molar-refractivity contribution is 5.25. The van der Waals surface area contributed by atoms with Crippen molar-refractivity contribution in [1.82, 2.24) is 5.32 Å². The Kier molecular flexibility index (Phi) is 5.42. The van der Waals surface area contributed by atoms with Crippen LogP contribution in [0.15, 0.2) is 42.5 Å². The summed E-state index contributed by atoms with van der Waals surface area (Å²) in [4.78, 5) is 0. The molecule has 112 valence electrons. The van der Waals surface area contributed by atoms with Gasteiger partial charge in [0.25, 0.3) is 0 Å². The number of benzene rings is 2. The molecule has 2 rings (SSSR count). The molecule has 2 aromatic rings. The average Bonchev–Trinajstić information content (AvgIpc) is 2.50. The summed E-state index contributed by atoms with van der Waals surface area (Å²) in [6, 6.07) is 11.2. The summed E-state index contributed by atoms with van der Waals surface area (Å²) in [5.41, 5.74) is 2.29. The standard InChI is InChI=1S/C17H19F2NO/c1-12(14-4-2-3-13(9-14)11-21)20-8-7-15-10-16(18)5-6-17(15)19/h2-6,9-10,12,20-21H,7-8,11H2,1H3. The van der Waals surface area contributed by atoms with Crippen LogP contribution in [-0.2, 0) is 13.0 Å². The Balaban J connectivity index is 1.91. The van der Waals surface area contributed by atoms with Gasteiger partial charge in [-0.1, -0.05) is 24.3 Å². The van der Waals surface area contributed by atoms with Crippen LogP contribution in [-0.4, -0.2) is 11.7 Å². The Labute approximate surface area is 123 Å². The Morgan fingerprint density at radius 3 is 2.71 bits per heavy atom. The second-order valence-electron chi connectivity index (χ2n) is 5.06. The zero-order chi connectivity index (χ0) is 15.2. The summed E-state index contributed by atoms with van der Waals surface area (Å²) in [7, 11) is 0. The van der Waals surface area contributed by atoms with Gasteiger partial charge >= 0.3 is 0 Å². The second kappa shape index (κ2) is 7.29. The second-order valence-corrected chi connectivity index (χ2v) is 5.06. The maximum Gasteiger partial charge on any atom is 0.126 e. The molecule has 0 heterocycles. The van der Waals surface area contributed by atoms with E-state index < -0.39 is 5.82 Å². The lowest BCUT2D eigenvalue weighted by Crippen LogP contribution is -2.21. The van der Waals surface area contributed by atoms with Crippen LogP contribution in [0.3, 0.4) is 0 Å². The van der Waals surface area contributed by atoms with Gasteiger partial charge in [-0.2, -0.15) is 0 Å². The maximum absolute atomic E-state index is 13.5. The van der Waals surface area contributed by atoms with Crippen molar-refractivity contribution in [3.05, 3.63) is 70.8 Å². The minimum absolute atomic E-state index is 0.00899. The third-order valence-electron chi connectivity index (χ3n) is 3.49. The smallest absolute Gasteiger partial charge is 0.126 e. The van der Waals surface area contributed by atoms with E-state index >= 15 is 0 Å². The van der Waals surface area contributed by atoms with Crippen LogP contribution in [0.1, 0.15) is 29.7 Å². The normalized spacial score (nSPS) is 12.4. The molecule has 21 heavy (non-hydrogen) atoms. The number of hydrogen-bond acceptors (Lipinski definition) is 2. The minimum atomic E-state index is -0.421. The van der Waals surface area contributed by atoms with Gasteiger partial charge in [-0.25, -0.2) is 8.78 Å². The summed E-state index contributed by atoms with van der Waals surface area (Å²) in [6.45, 7) is 2.55. The largest absolute Gasteiger partial charge is 0.392 e. The molecular weight excluding hydrogens is 272 g/mol. The fourth-order valence-corrected chi connectivity index (χ4v) is 2.24. The average molecular weight is 291 g/mol. The Morgan fingerprint density at radius 1 is 1.14 bits per heavy atom. The molecule has 0 amide bonds. The summed E-state index contributed by atoms with van der Waals surface area (Å²) in [5.74, 6) is -0.803. The van der Waals surface area contributed by atoms with E-state index in [1.165, 1.54) is 6.07 Å². The van der Waals surface area contributed by atoms with E-state index in [9.17, 15) is 8.78 Å². The fraction of sp³-hybridized carbons (Fsp3) is 0.294. The van der Waals surface area contributed by atoms with E-state index in [0.29, 0.717) is 18.5 Å². The van der Waals surface area contributed by atoms with E-state index in [0.717, 1.165) is 23.3 Å². The molecule has 2 nitrogen and oxygen atoms in total. The lowest BCUT2D eigenvalue weighted by Gasteiger charge is -2.15. The van der Waals surface area contributed by atoms with Gasteiger partial charge in [0.05, 0.1) is 6.61 Å².